The second kappa shape index (κ2) is 8.76. The lowest BCUT2D eigenvalue weighted by atomic mass is 9.99. The number of aryl methyl sites for hydroxylation is 2. The van der Waals surface area contributed by atoms with Gasteiger partial charge in [0, 0.05) is 26.2 Å². The van der Waals surface area contributed by atoms with E-state index in [0.717, 1.165) is 48.6 Å². The van der Waals surface area contributed by atoms with Crippen LogP contribution >= 0.6 is 0 Å². The molecule has 2 aromatic carbocycles. The molecule has 31 heavy (non-hydrogen) atoms. The van der Waals surface area contributed by atoms with Crippen LogP contribution in [0.25, 0.3) is 0 Å². The number of amides is 2. The van der Waals surface area contributed by atoms with Gasteiger partial charge in [-0.1, -0.05) is 60.7 Å². The van der Waals surface area contributed by atoms with E-state index in [9.17, 15) is 4.79 Å². The molecule has 3 aromatic rings. The first-order valence-electron chi connectivity index (χ1n) is 11.0. The van der Waals surface area contributed by atoms with Gasteiger partial charge in [0.15, 0.2) is 5.82 Å². The lowest BCUT2D eigenvalue weighted by Crippen LogP contribution is -2.52. The third kappa shape index (κ3) is 4.24. The molecule has 0 atom stereocenters. The molecule has 0 bridgehead atoms. The van der Waals surface area contributed by atoms with Crippen molar-refractivity contribution < 1.29 is 4.79 Å². The third-order valence-corrected chi connectivity index (χ3v) is 6.23. The molecule has 2 amide bonds. The van der Waals surface area contributed by atoms with Crippen LogP contribution in [0.4, 0.5) is 10.6 Å². The van der Waals surface area contributed by atoms with Crippen LogP contribution in [-0.4, -0.2) is 47.3 Å². The molecule has 0 saturated carbocycles. The van der Waals surface area contributed by atoms with E-state index in [1.54, 1.807) is 0 Å². The quantitative estimate of drug-likeness (QED) is 0.710. The zero-order valence-electron chi connectivity index (χ0n) is 17.6. The highest BCUT2D eigenvalue weighted by atomic mass is 16.2. The van der Waals surface area contributed by atoms with Crippen molar-refractivity contribution in [2.24, 2.45) is 0 Å². The summed E-state index contributed by atoms with van der Waals surface area (Å²) in [5.41, 5.74) is 4.64. The van der Waals surface area contributed by atoms with Gasteiger partial charge < -0.3 is 15.1 Å². The lowest BCUT2D eigenvalue weighted by Gasteiger charge is -2.36. The van der Waals surface area contributed by atoms with E-state index in [2.05, 4.69) is 50.7 Å². The highest BCUT2D eigenvalue weighted by Gasteiger charge is 2.26. The predicted octanol–water partition coefficient (Wildman–Crippen LogP) is 3.59. The van der Waals surface area contributed by atoms with E-state index in [1.807, 2.05) is 41.3 Å². The number of urea groups is 1. The van der Waals surface area contributed by atoms with Crippen molar-refractivity contribution >= 4 is 11.8 Å². The van der Waals surface area contributed by atoms with E-state index in [0.29, 0.717) is 13.1 Å². The van der Waals surface area contributed by atoms with Crippen LogP contribution in [0, 0.1) is 0 Å². The van der Waals surface area contributed by atoms with Gasteiger partial charge in [0.05, 0.1) is 11.7 Å². The van der Waals surface area contributed by atoms with E-state index in [-0.39, 0.29) is 12.1 Å². The summed E-state index contributed by atoms with van der Waals surface area (Å²) in [5, 5.41) is 12.1. The Bertz CT molecular complexity index is 993. The van der Waals surface area contributed by atoms with Gasteiger partial charge in [-0.15, -0.1) is 5.10 Å². The van der Waals surface area contributed by atoms with Crippen LogP contribution in [0.1, 0.15) is 34.8 Å². The molecule has 2 aliphatic rings. The molecule has 1 N–H and O–H groups in total. The number of hydrogen-bond donors (Lipinski definition) is 1. The van der Waals surface area contributed by atoms with E-state index >= 15 is 0 Å². The van der Waals surface area contributed by atoms with Crippen LogP contribution < -0.4 is 10.2 Å². The highest BCUT2D eigenvalue weighted by Crippen LogP contribution is 2.24. The maximum atomic E-state index is 13.1. The highest BCUT2D eigenvalue weighted by molar-refractivity contribution is 5.75. The average molecular weight is 414 g/mol. The molecular weight excluding hydrogens is 386 g/mol. The second-order valence-electron chi connectivity index (χ2n) is 8.21. The molecule has 0 radical (unpaired) electrons. The summed E-state index contributed by atoms with van der Waals surface area (Å²) < 4.78 is 0. The Hall–Kier alpha value is -3.41. The van der Waals surface area contributed by atoms with Crippen molar-refractivity contribution in [2.75, 3.05) is 31.1 Å². The molecule has 2 heterocycles. The standard InChI is InChI=1S/C25H27N5O/c31-25(26-24(19-8-3-1-4-9-19)20-10-5-2-6-11-20)30-16-14-29(15-17-30)23-18-21-12-7-13-22(21)27-28-23/h1-6,8-11,18,24H,7,12-17H2,(H,26,31). The van der Waals surface area contributed by atoms with Gasteiger partial charge in [-0.2, -0.15) is 5.10 Å². The minimum atomic E-state index is -0.171. The summed E-state index contributed by atoms with van der Waals surface area (Å²) in [6.45, 7) is 2.87. The van der Waals surface area contributed by atoms with Crippen LogP contribution in [0.15, 0.2) is 66.7 Å². The fourth-order valence-corrected chi connectivity index (χ4v) is 4.48. The van der Waals surface area contributed by atoms with Crippen molar-refractivity contribution in [3.05, 3.63) is 89.1 Å². The number of anilines is 1. The Kier molecular flexibility index (Phi) is 5.52. The summed E-state index contributed by atoms with van der Waals surface area (Å²) in [7, 11) is 0. The van der Waals surface area contributed by atoms with Crippen molar-refractivity contribution in [3.63, 3.8) is 0 Å². The van der Waals surface area contributed by atoms with Gasteiger partial charge >= 0.3 is 6.03 Å². The lowest BCUT2D eigenvalue weighted by molar-refractivity contribution is 0.192. The number of rotatable bonds is 4. The summed E-state index contributed by atoms with van der Waals surface area (Å²) >= 11 is 0. The number of nitrogens with one attached hydrogen (secondary N) is 1. The Balaban J connectivity index is 1.25. The maximum absolute atomic E-state index is 13.1. The fraction of sp³-hybridized carbons (Fsp3) is 0.320. The number of fused-ring (bicyclic) bond motifs is 1. The smallest absolute Gasteiger partial charge is 0.318 e. The Morgan fingerprint density at radius 3 is 2.13 bits per heavy atom. The van der Waals surface area contributed by atoms with Crippen molar-refractivity contribution in [3.8, 4) is 0 Å². The Morgan fingerprint density at radius 1 is 0.839 bits per heavy atom. The molecule has 6 nitrogen and oxygen atoms in total. The monoisotopic (exact) mass is 413 g/mol. The van der Waals surface area contributed by atoms with Crippen LogP contribution in [-0.2, 0) is 12.8 Å². The Labute approximate surface area is 182 Å². The second-order valence-corrected chi connectivity index (χ2v) is 8.21. The number of carbonyl (C=O) groups excluding carboxylic acids is 1. The van der Waals surface area contributed by atoms with Gasteiger partial charge in [0.25, 0.3) is 0 Å². The molecule has 1 aliphatic heterocycles. The predicted molar refractivity (Wildman–Crippen MR) is 121 cm³/mol. The van der Waals surface area contributed by atoms with Gasteiger partial charge in [-0.25, -0.2) is 4.79 Å². The van der Waals surface area contributed by atoms with E-state index in [1.165, 1.54) is 12.0 Å². The SMILES string of the molecule is O=C(NC(c1ccccc1)c1ccccc1)N1CCN(c2cc3c(nn2)CCC3)CC1. The number of piperazine rings is 1. The third-order valence-electron chi connectivity index (χ3n) is 6.23. The largest absolute Gasteiger partial charge is 0.352 e. The molecule has 1 aromatic heterocycles. The molecule has 1 fully saturated rings. The van der Waals surface area contributed by atoms with Crippen molar-refractivity contribution in [1.82, 2.24) is 20.4 Å². The molecule has 0 spiro atoms. The van der Waals surface area contributed by atoms with Gasteiger partial charge in [-0.05, 0) is 42.0 Å². The first kappa shape index (κ1) is 19.5. The number of hydrogen-bond acceptors (Lipinski definition) is 4. The molecule has 0 unspecified atom stereocenters. The normalized spacial score (nSPS) is 15.8. The molecule has 1 aliphatic carbocycles. The minimum Gasteiger partial charge on any atom is -0.352 e. The first-order valence-corrected chi connectivity index (χ1v) is 11.0. The number of benzene rings is 2. The number of nitrogens with zero attached hydrogens (tertiary/aromatic N) is 4. The van der Waals surface area contributed by atoms with Crippen LogP contribution in [0.5, 0.6) is 0 Å². The Morgan fingerprint density at radius 2 is 1.48 bits per heavy atom. The number of carbonyl (C=O) groups is 1. The zero-order valence-corrected chi connectivity index (χ0v) is 17.6. The average Bonchev–Trinajstić information content (AvgIpc) is 3.32. The summed E-state index contributed by atoms with van der Waals surface area (Å²) in [6, 6.07) is 22.2. The van der Waals surface area contributed by atoms with Crippen molar-refractivity contribution in [1.29, 1.82) is 0 Å². The molecule has 6 heteroatoms. The van der Waals surface area contributed by atoms with Gasteiger partial charge in [-0.3, -0.25) is 0 Å². The van der Waals surface area contributed by atoms with E-state index < -0.39 is 0 Å². The molecule has 5 rings (SSSR count). The summed E-state index contributed by atoms with van der Waals surface area (Å²) in [4.78, 5) is 17.3. The topological polar surface area (TPSA) is 61.4 Å². The molecule has 158 valence electrons. The van der Waals surface area contributed by atoms with Gasteiger partial charge in [0.1, 0.15) is 0 Å². The zero-order chi connectivity index (χ0) is 21.0. The molecule has 1 saturated heterocycles. The van der Waals surface area contributed by atoms with Crippen molar-refractivity contribution in [2.45, 2.75) is 25.3 Å². The maximum Gasteiger partial charge on any atom is 0.318 e. The van der Waals surface area contributed by atoms with Crippen LogP contribution in [0.2, 0.25) is 0 Å². The summed E-state index contributed by atoms with van der Waals surface area (Å²) in [5.74, 6) is 0.937. The van der Waals surface area contributed by atoms with Gasteiger partial charge in [0.2, 0.25) is 0 Å². The van der Waals surface area contributed by atoms with Crippen LogP contribution in [0.3, 0.4) is 0 Å². The number of aromatic nitrogens is 2. The fourth-order valence-electron chi connectivity index (χ4n) is 4.48. The first-order chi connectivity index (χ1) is 15.3. The van der Waals surface area contributed by atoms with E-state index in [4.69, 9.17) is 0 Å². The summed E-state index contributed by atoms with van der Waals surface area (Å²) in [6.07, 6.45) is 3.31. The minimum absolute atomic E-state index is 0.0302. The molecular formula is C25H27N5O.